The van der Waals surface area contributed by atoms with E-state index >= 15 is 0 Å². The molecular weight excluding hydrogens is 330 g/mol. The molecule has 26 heavy (non-hydrogen) atoms. The van der Waals surface area contributed by atoms with Gasteiger partial charge in [0.25, 0.3) is 0 Å². The summed E-state index contributed by atoms with van der Waals surface area (Å²) in [6.45, 7) is 2.30. The number of amides is 2. The molecular formula is C20H21N3O3. The topological polar surface area (TPSA) is 82.4 Å². The molecule has 0 saturated heterocycles. The molecule has 0 aliphatic heterocycles. The third kappa shape index (κ3) is 5.64. The zero-order valence-electron chi connectivity index (χ0n) is 14.6. The molecule has 6 heteroatoms. The summed E-state index contributed by atoms with van der Waals surface area (Å²) >= 11 is 0. The van der Waals surface area contributed by atoms with Crippen LogP contribution in [0.4, 0.5) is 5.69 Å². The van der Waals surface area contributed by atoms with Gasteiger partial charge in [0.05, 0.1) is 24.3 Å². The number of nitrogens with one attached hydrogen (secondary N) is 1. The minimum Gasteiger partial charge on any atom is -0.493 e. The minimum absolute atomic E-state index is 0.155. The number of anilines is 1. The number of carbonyl (C=O) groups excluding carboxylic acids is 2. The van der Waals surface area contributed by atoms with E-state index in [0.29, 0.717) is 24.3 Å². The fourth-order valence-electron chi connectivity index (χ4n) is 2.42. The zero-order chi connectivity index (χ0) is 18.8. The molecule has 2 amide bonds. The standard InChI is InChI=1S/C20H21N3O3/c1-16(24)23(19-10-6-5-7-17(19)15-21)13-12-22-20(25)11-14-26-18-8-3-2-4-9-18/h2-10H,11-14H2,1H3,(H,22,25). The summed E-state index contributed by atoms with van der Waals surface area (Å²) in [5, 5.41) is 11.9. The Morgan fingerprint density at radius 1 is 1.12 bits per heavy atom. The summed E-state index contributed by atoms with van der Waals surface area (Å²) in [6.07, 6.45) is 0.226. The van der Waals surface area contributed by atoms with Crippen LogP contribution in [0.5, 0.6) is 5.75 Å². The molecule has 2 aromatic rings. The predicted molar refractivity (Wildman–Crippen MR) is 98.7 cm³/mol. The van der Waals surface area contributed by atoms with Crippen molar-refractivity contribution in [1.29, 1.82) is 5.26 Å². The first-order chi connectivity index (χ1) is 12.6. The van der Waals surface area contributed by atoms with Crippen LogP contribution < -0.4 is 15.0 Å². The van der Waals surface area contributed by atoms with Crippen LogP contribution in [0.2, 0.25) is 0 Å². The first-order valence-corrected chi connectivity index (χ1v) is 8.33. The van der Waals surface area contributed by atoms with Crippen molar-refractivity contribution < 1.29 is 14.3 Å². The van der Waals surface area contributed by atoms with Gasteiger partial charge >= 0.3 is 0 Å². The number of benzene rings is 2. The van der Waals surface area contributed by atoms with E-state index in [1.165, 1.54) is 11.8 Å². The maximum absolute atomic E-state index is 11.9. The Labute approximate surface area is 153 Å². The minimum atomic E-state index is -0.186. The van der Waals surface area contributed by atoms with Gasteiger partial charge in [-0.05, 0) is 24.3 Å². The third-order valence-corrected chi connectivity index (χ3v) is 3.69. The van der Waals surface area contributed by atoms with Gasteiger partial charge in [0, 0.05) is 20.0 Å². The highest BCUT2D eigenvalue weighted by atomic mass is 16.5. The molecule has 0 aliphatic carbocycles. The van der Waals surface area contributed by atoms with Crippen molar-refractivity contribution in [2.24, 2.45) is 0 Å². The molecule has 134 valence electrons. The fourth-order valence-corrected chi connectivity index (χ4v) is 2.42. The number of carbonyl (C=O) groups is 2. The van der Waals surface area contributed by atoms with Gasteiger partial charge in [-0.3, -0.25) is 9.59 Å². The number of hydrogen-bond acceptors (Lipinski definition) is 4. The average molecular weight is 351 g/mol. The van der Waals surface area contributed by atoms with Crippen LogP contribution in [-0.4, -0.2) is 31.5 Å². The van der Waals surface area contributed by atoms with Crippen LogP contribution in [0.25, 0.3) is 0 Å². The van der Waals surface area contributed by atoms with Crippen LogP contribution in [-0.2, 0) is 9.59 Å². The maximum atomic E-state index is 11.9. The van der Waals surface area contributed by atoms with E-state index in [-0.39, 0.29) is 24.8 Å². The van der Waals surface area contributed by atoms with E-state index in [2.05, 4.69) is 11.4 Å². The van der Waals surface area contributed by atoms with Gasteiger partial charge in [0.1, 0.15) is 11.8 Å². The van der Waals surface area contributed by atoms with Crippen molar-refractivity contribution in [3.05, 3.63) is 60.2 Å². The molecule has 0 radical (unpaired) electrons. The summed E-state index contributed by atoms with van der Waals surface area (Å²) in [6, 6.07) is 18.2. The molecule has 0 unspecified atom stereocenters. The Kier molecular flexibility index (Phi) is 7.19. The monoisotopic (exact) mass is 351 g/mol. The van der Waals surface area contributed by atoms with E-state index in [1.54, 1.807) is 24.3 Å². The first kappa shape index (κ1) is 19.0. The van der Waals surface area contributed by atoms with Crippen LogP contribution in [0.1, 0.15) is 18.9 Å². The number of ether oxygens (including phenoxy) is 1. The first-order valence-electron chi connectivity index (χ1n) is 8.33. The van der Waals surface area contributed by atoms with E-state index in [4.69, 9.17) is 4.74 Å². The molecule has 0 saturated carbocycles. The van der Waals surface area contributed by atoms with Gasteiger partial charge in [0.2, 0.25) is 11.8 Å². The van der Waals surface area contributed by atoms with Crippen LogP contribution in [0.3, 0.4) is 0 Å². The van der Waals surface area contributed by atoms with Crippen LogP contribution in [0, 0.1) is 11.3 Å². The van der Waals surface area contributed by atoms with Crippen molar-refractivity contribution in [2.45, 2.75) is 13.3 Å². The Hall–Kier alpha value is -3.33. The highest BCUT2D eigenvalue weighted by Gasteiger charge is 2.15. The van der Waals surface area contributed by atoms with E-state index in [1.807, 2.05) is 30.3 Å². The number of nitriles is 1. The lowest BCUT2D eigenvalue weighted by atomic mass is 10.1. The van der Waals surface area contributed by atoms with Gasteiger partial charge in [-0.1, -0.05) is 30.3 Å². The zero-order valence-corrected chi connectivity index (χ0v) is 14.6. The van der Waals surface area contributed by atoms with Crippen molar-refractivity contribution in [1.82, 2.24) is 5.32 Å². The largest absolute Gasteiger partial charge is 0.493 e. The number of rotatable bonds is 8. The molecule has 0 atom stereocenters. The van der Waals surface area contributed by atoms with Gasteiger partial charge in [0.15, 0.2) is 0 Å². The summed E-state index contributed by atoms with van der Waals surface area (Å²) in [5.41, 5.74) is 0.967. The van der Waals surface area contributed by atoms with Gasteiger partial charge < -0.3 is 15.0 Å². The second-order valence-corrected chi connectivity index (χ2v) is 5.56. The van der Waals surface area contributed by atoms with Gasteiger partial charge in [-0.15, -0.1) is 0 Å². The number of para-hydroxylation sites is 2. The van der Waals surface area contributed by atoms with Crippen molar-refractivity contribution in [3.8, 4) is 11.8 Å². The average Bonchev–Trinajstić information content (AvgIpc) is 2.66. The molecule has 0 aromatic heterocycles. The highest BCUT2D eigenvalue weighted by molar-refractivity contribution is 5.93. The summed E-state index contributed by atoms with van der Waals surface area (Å²) in [7, 11) is 0. The SMILES string of the molecule is CC(=O)N(CCNC(=O)CCOc1ccccc1)c1ccccc1C#N. The smallest absolute Gasteiger partial charge is 0.223 e. The Bertz CT molecular complexity index is 784. The van der Waals surface area contributed by atoms with E-state index in [9.17, 15) is 14.9 Å². The summed E-state index contributed by atoms with van der Waals surface area (Å²) < 4.78 is 5.48. The fraction of sp³-hybridized carbons (Fsp3) is 0.250. The van der Waals surface area contributed by atoms with E-state index < -0.39 is 0 Å². The van der Waals surface area contributed by atoms with Crippen molar-refractivity contribution >= 4 is 17.5 Å². The molecule has 1 N–H and O–H groups in total. The molecule has 0 heterocycles. The van der Waals surface area contributed by atoms with E-state index in [0.717, 1.165) is 5.75 Å². The second kappa shape index (κ2) is 9.84. The molecule has 0 aliphatic rings. The highest BCUT2D eigenvalue weighted by Crippen LogP contribution is 2.19. The molecule has 6 nitrogen and oxygen atoms in total. The Balaban J connectivity index is 1.80. The lowest BCUT2D eigenvalue weighted by Crippen LogP contribution is -2.38. The molecule has 0 spiro atoms. The van der Waals surface area contributed by atoms with Gasteiger partial charge in [-0.25, -0.2) is 0 Å². The molecule has 0 bridgehead atoms. The third-order valence-electron chi connectivity index (χ3n) is 3.69. The summed E-state index contributed by atoms with van der Waals surface area (Å²) in [5.74, 6) is 0.378. The van der Waals surface area contributed by atoms with Crippen LogP contribution >= 0.6 is 0 Å². The normalized spacial score (nSPS) is 9.85. The summed E-state index contributed by atoms with van der Waals surface area (Å²) in [4.78, 5) is 25.3. The molecule has 2 aromatic carbocycles. The molecule has 2 rings (SSSR count). The van der Waals surface area contributed by atoms with Gasteiger partial charge in [-0.2, -0.15) is 5.26 Å². The lowest BCUT2D eigenvalue weighted by Gasteiger charge is -2.22. The van der Waals surface area contributed by atoms with Crippen molar-refractivity contribution in [3.63, 3.8) is 0 Å². The Morgan fingerprint density at radius 2 is 1.81 bits per heavy atom. The van der Waals surface area contributed by atoms with Crippen molar-refractivity contribution in [2.75, 3.05) is 24.6 Å². The number of nitrogens with zero attached hydrogens (tertiary/aromatic N) is 2. The lowest BCUT2D eigenvalue weighted by molar-refractivity contribution is -0.122. The van der Waals surface area contributed by atoms with Crippen LogP contribution in [0.15, 0.2) is 54.6 Å². The quantitative estimate of drug-likeness (QED) is 0.792. The molecule has 0 fully saturated rings. The second-order valence-electron chi connectivity index (χ2n) is 5.56. The number of hydrogen-bond donors (Lipinski definition) is 1. The Morgan fingerprint density at radius 3 is 2.50 bits per heavy atom. The predicted octanol–water partition coefficient (Wildman–Crippen LogP) is 2.50. The maximum Gasteiger partial charge on any atom is 0.223 e.